The van der Waals surface area contributed by atoms with Gasteiger partial charge in [0.2, 0.25) is 0 Å². The molecule has 0 unspecified atom stereocenters. The molecule has 2 N–H and O–H groups in total. The third kappa shape index (κ3) is 2.84. The van der Waals surface area contributed by atoms with Crippen LogP contribution in [0.4, 0.5) is 4.39 Å². The second-order valence-electron chi connectivity index (χ2n) is 3.41. The quantitative estimate of drug-likeness (QED) is 0.878. The zero-order valence-corrected chi connectivity index (χ0v) is 9.51. The van der Waals surface area contributed by atoms with E-state index in [9.17, 15) is 4.39 Å². The lowest BCUT2D eigenvalue weighted by atomic mass is 10.2. The number of benzene rings is 2. The highest BCUT2D eigenvalue weighted by molar-refractivity contribution is 7.99. The molecular weight excluding hydrogens is 221 g/mol. The average Bonchev–Trinajstić information content (AvgIpc) is 2.30. The van der Waals surface area contributed by atoms with Gasteiger partial charge in [0.15, 0.2) is 0 Å². The summed E-state index contributed by atoms with van der Waals surface area (Å²) in [6.45, 7) is 0.547. The summed E-state index contributed by atoms with van der Waals surface area (Å²) >= 11 is 1.54. The molecule has 0 heterocycles. The molecule has 1 nitrogen and oxygen atoms in total. The molecule has 0 atom stereocenters. The van der Waals surface area contributed by atoms with Gasteiger partial charge in [-0.05, 0) is 35.9 Å². The first-order chi connectivity index (χ1) is 7.78. The summed E-state index contributed by atoms with van der Waals surface area (Å²) < 4.78 is 13.0. The van der Waals surface area contributed by atoms with Crippen LogP contribution in [0, 0.1) is 5.82 Å². The van der Waals surface area contributed by atoms with Gasteiger partial charge < -0.3 is 5.73 Å². The normalized spacial score (nSPS) is 10.4. The smallest absolute Gasteiger partial charge is 0.124 e. The van der Waals surface area contributed by atoms with Gasteiger partial charge >= 0.3 is 0 Å². The van der Waals surface area contributed by atoms with Crippen molar-refractivity contribution >= 4 is 11.8 Å². The predicted octanol–water partition coefficient (Wildman–Crippen LogP) is 3.44. The molecule has 2 rings (SSSR count). The molecule has 0 fully saturated rings. The lowest BCUT2D eigenvalue weighted by Gasteiger charge is -2.02. The standard InChI is InChI=1S/C13H12FNS/c14-11-2-1-3-13(8-11)16-12-6-4-10(9-15)5-7-12/h1-8H,9,15H2. The summed E-state index contributed by atoms with van der Waals surface area (Å²) in [5.74, 6) is -0.205. The molecule has 0 aliphatic carbocycles. The summed E-state index contributed by atoms with van der Waals surface area (Å²) in [6, 6.07) is 14.6. The molecular formula is C13H12FNS. The Kier molecular flexibility index (Phi) is 3.59. The molecule has 0 saturated heterocycles. The Morgan fingerprint density at radius 3 is 2.38 bits per heavy atom. The Morgan fingerprint density at radius 1 is 1.00 bits per heavy atom. The maximum atomic E-state index is 13.0. The van der Waals surface area contributed by atoms with E-state index < -0.39 is 0 Å². The fraction of sp³-hybridized carbons (Fsp3) is 0.0769. The van der Waals surface area contributed by atoms with Gasteiger partial charge in [0.05, 0.1) is 0 Å². The minimum absolute atomic E-state index is 0.205. The van der Waals surface area contributed by atoms with Crippen molar-refractivity contribution in [1.82, 2.24) is 0 Å². The molecule has 0 amide bonds. The number of hydrogen-bond acceptors (Lipinski definition) is 2. The molecule has 16 heavy (non-hydrogen) atoms. The second-order valence-corrected chi connectivity index (χ2v) is 4.55. The van der Waals surface area contributed by atoms with Crippen molar-refractivity contribution in [3.63, 3.8) is 0 Å². The Morgan fingerprint density at radius 2 is 1.75 bits per heavy atom. The third-order valence-electron chi connectivity index (χ3n) is 2.19. The predicted molar refractivity (Wildman–Crippen MR) is 64.9 cm³/mol. The van der Waals surface area contributed by atoms with Gasteiger partial charge in [0, 0.05) is 16.3 Å². The monoisotopic (exact) mass is 233 g/mol. The summed E-state index contributed by atoms with van der Waals surface area (Å²) in [5.41, 5.74) is 6.62. The fourth-order valence-electron chi connectivity index (χ4n) is 1.36. The van der Waals surface area contributed by atoms with E-state index in [1.54, 1.807) is 17.8 Å². The van der Waals surface area contributed by atoms with Crippen molar-refractivity contribution in [3.8, 4) is 0 Å². The zero-order valence-electron chi connectivity index (χ0n) is 8.69. The van der Waals surface area contributed by atoms with Gasteiger partial charge in [-0.1, -0.05) is 30.0 Å². The molecule has 0 radical (unpaired) electrons. The molecule has 0 saturated carbocycles. The Hall–Kier alpha value is -1.32. The highest BCUT2D eigenvalue weighted by Crippen LogP contribution is 2.27. The summed E-state index contributed by atoms with van der Waals surface area (Å²) in [5, 5.41) is 0. The van der Waals surface area contributed by atoms with Gasteiger partial charge in [-0.3, -0.25) is 0 Å². The first-order valence-corrected chi connectivity index (χ1v) is 5.82. The summed E-state index contributed by atoms with van der Waals surface area (Å²) in [4.78, 5) is 1.99. The van der Waals surface area contributed by atoms with Gasteiger partial charge in [-0.2, -0.15) is 0 Å². The van der Waals surface area contributed by atoms with Crippen molar-refractivity contribution in [2.24, 2.45) is 5.73 Å². The van der Waals surface area contributed by atoms with E-state index in [1.807, 2.05) is 30.3 Å². The van der Waals surface area contributed by atoms with Gasteiger partial charge in [-0.15, -0.1) is 0 Å². The maximum Gasteiger partial charge on any atom is 0.124 e. The van der Waals surface area contributed by atoms with Crippen molar-refractivity contribution in [2.75, 3.05) is 0 Å². The van der Waals surface area contributed by atoms with Crippen LogP contribution < -0.4 is 5.73 Å². The van der Waals surface area contributed by atoms with E-state index in [4.69, 9.17) is 5.73 Å². The van der Waals surface area contributed by atoms with Crippen LogP contribution in [-0.4, -0.2) is 0 Å². The SMILES string of the molecule is NCc1ccc(Sc2cccc(F)c2)cc1. The van der Waals surface area contributed by atoms with Crippen molar-refractivity contribution < 1.29 is 4.39 Å². The van der Waals surface area contributed by atoms with Crippen LogP contribution >= 0.6 is 11.8 Å². The van der Waals surface area contributed by atoms with E-state index in [0.29, 0.717) is 6.54 Å². The van der Waals surface area contributed by atoms with Crippen LogP contribution in [-0.2, 0) is 6.54 Å². The zero-order chi connectivity index (χ0) is 11.4. The molecule has 3 heteroatoms. The average molecular weight is 233 g/mol. The summed E-state index contributed by atoms with van der Waals surface area (Å²) in [6.07, 6.45) is 0. The second kappa shape index (κ2) is 5.14. The fourth-order valence-corrected chi connectivity index (χ4v) is 2.22. The van der Waals surface area contributed by atoms with Crippen LogP contribution in [0.25, 0.3) is 0 Å². The molecule has 0 aliphatic heterocycles. The highest BCUT2D eigenvalue weighted by Gasteiger charge is 1.98. The number of halogens is 1. The minimum atomic E-state index is -0.205. The molecule has 0 aromatic heterocycles. The van der Waals surface area contributed by atoms with Gasteiger partial charge in [0.1, 0.15) is 5.82 Å². The lowest BCUT2D eigenvalue weighted by Crippen LogP contribution is -1.94. The Bertz CT molecular complexity index is 468. The van der Waals surface area contributed by atoms with Crippen molar-refractivity contribution in [2.45, 2.75) is 16.3 Å². The first-order valence-electron chi connectivity index (χ1n) is 5.00. The van der Waals surface area contributed by atoms with Crippen molar-refractivity contribution in [1.29, 1.82) is 0 Å². The Balaban J connectivity index is 2.14. The third-order valence-corrected chi connectivity index (χ3v) is 3.19. The minimum Gasteiger partial charge on any atom is -0.326 e. The van der Waals surface area contributed by atoms with E-state index in [0.717, 1.165) is 15.4 Å². The van der Waals surface area contributed by atoms with Crippen LogP contribution in [0.15, 0.2) is 58.3 Å². The van der Waals surface area contributed by atoms with Gasteiger partial charge in [-0.25, -0.2) is 4.39 Å². The van der Waals surface area contributed by atoms with E-state index in [-0.39, 0.29) is 5.82 Å². The molecule has 2 aromatic carbocycles. The highest BCUT2D eigenvalue weighted by atomic mass is 32.2. The topological polar surface area (TPSA) is 26.0 Å². The number of nitrogens with two attached hydrogens (primary N) is 1. The number of hydrogen-bond donors (Lipinski definition) is 1. The molecule has 0 spiro atoms. The molecule has 0 aliphatic rings. The van der Waals surface area contributed by atoms with E-state index in [1.165, 1.54) is 12.1 Å². The molecule has 0 bridgehead atoms. The van der Waals surface area contributed by atoms with Crippen LogP contribution in [0.1, 0.15) is 5.56 Å². The van der Waals surface area contributed by atoms with Gasteiger partial charge in [0.25, 0.3) is 0 Å². The summed E-state index contributed by atoms with van der Waals surface area (Å²) in [7, 11) is 0. The lowest BCUT2D eigenvalue weighted by molar-refractivity contribution is 0.624. The maximum absolute atomic E-state index is 13.0. The number of rotatable bonds is 3. The van der Waals surface area contributed by atoms with Crippen LogP contribution in [0.5, 0.6) is 0 Å². The molecule has 82 valence electrons. The molecule has 2 aromatic rings. The van der Waals surface area contributed by atoms with Crippen molar-refractivity contribution in [3.05, 3.63) is 59.9 Å². The van der Waals surface area contributed by atoms with E-state index in [2.05, 4.69) is 0 Å². The van der Waals surface area contributed by atoms with Crippen LogP contribution in [0.2, 0.25) is 0 Å². The largest absolute Gasteiger partial charge is 0.326 e. The van der Waals surface area contributed by atoms with E-state index >= 15 is 0 Å². The van der Waals surface area contributed by atoms with Crippen LogP contribution in [0.3, 0.4) is 0 Å². The Labute approximate surface area is 98.5 Å². The first kappa shape index (κ1) is 11.2.